The number of carbonyl (C=O) groups is 1. The van der Waals surface area contributed by atoms with Crippen molar-refractivity contribution in [2.24, 2.45) is 5.92 Å². The minimum atomic E-state index is -0.931. The fourth-order valence-corrected chi connectivity index (χ4v) is 2.38. The Bertz CT molecular complexity index is 633. The summed E-state index contributed by atoms with van der Waals surface area (Å²) in [6.45, 7) is 3.09. The molecule has 0 amide bonds. The Kier molecular flexibility index (Phi) is 2.81. The number of hydrogen-bond donors (Lipinski definition) is 1. The largest absolute Gasteiger partial charge is 0.478 e. The van der Waals surface area contributed by atoms with E-state index < -0.39 is 5.97 Å². The maximum absolute atomic E-state index is 11.0. The first kappa shape index (κ1) is 11.9. The van der Waals surface area contributed by atoms with Crippen LogP contribution in [0.4, 0.5) is 0 Å². The van der Waals surface area contributed by atoms with Crippen LogP contribution in [0.15, 0.2) is 24.3 Å². The minimum absolute atomic E-state index is 0.263. The van der Waals surface area contributed by atoms with E-state index in [9.17, 15) is 4.79 Å². The molecule has 0 fully saturated rings. The number of rotatable bonds is 2. The Morgan fingerprint density at radius 1 is 1.47 bits per heavy atom. The lowest BCUT2D eigenvalue weighted by atomic mass is 10.0. The van der Waals surface area contributed by atoms with Gasteiger partial charge in [0.1, 0.15) is 5.82 Å². The monoisotopic (exact) mass is 257 g/mol. The molecule has 0 radical (unpaired) electrons. The van der Waals surface area contributed by atoms with Crippen molar-refractivity contribution in [3.8, 4) is 11.4 Å². The second kappa shape index (κ2) is 4.50. The van der Waals surface area contributed by atoms with Crippen molar-refractivity contribution in [3.63, 3.8) is 0 Å². The van der Waals surface area contributed by atoms with Crippen LogP contribution < -0.4 is 0 Å². The molecule has 0 bridgehead atoms. The molecule has 0 saturated carbocycles. The molecular formula is C14H15N3O2. The number of fused-ring (bicyclic) bond motifs is 1. The van der Waals surface area contributed by atoms with E-state index in [-0.39, 0.29) is 5.56 Å². The number of aromatic nitrogens is 3. The van der Waals surface area contributed by atoms with Gasteiger partial charge < -0.3 is 5.11 Å². The van der Waals surface area contributed by atoms with Crippen molar-refractivity contribution in [2.45, 2.75) is 26.3 Å². The van der Waals surface area contributed by atoms with E-state index in [1.54, 1.807) is 18.2 Å². The maximum atomic E-state index is 11.0. The van der Waals surface area contributed by atoms with Crippen LogP contribution in [0, 0.1) is 5.92 Å². The number of nitrogens with zero attached hydrogens (tertiary/aromatic N) is 3. The van der Waals surface area contributed by atoms with Crippen LogP contribution >= 0.6 is 0 Å². The highest BCUT2D eigenvalue weighted by atomic mass is 16.4. The first-order valence-corrected chi connectivity index (χ1v) is 6.41. The van der Waals surface area contributed by atoms with Crippen molar-refractivity contribution < 1.29 is 9.90 Å². The van der Waals surface area contributed by atoms with Gasteiger partial charge in [0.25, 0.3) is 0 Å². The molecule has 3 rings (SSSR count). The SMILES string of the molecule is CC1CCc2nc(-c3cccc(C(=O)O)c3)nn2C1. The van der Waals surface area contributed by atoms with Crippen molar-refractivity contribution >= 4 is 5.97 Å². The van der Waals surface area contributed by atoms with E-state index in [2.05, 4.69) is 17.0 Å². The van der Waals surface area contributed by atoms with Gasteiger partial charge >= 0.3 is 5.97 Å². The van der Waals surface area contributed by atoms with Crippen LogP contribution in [0.3, 0.4) is 0 Å². The third kappa shape index (κ3) is 2.23. The second-order valence-corrected chi connectivity index (χ2v) is 5.06. The van der Waals surface area contributed by atoms with E-state index in [1.807, 2.05) is 10.7 Å². The van der Waals surface area contributed by atoms with Gasteiger partial charge in [-0.05, 0) is 24.5 Å². The quantitative estimate of drug-likeness (QED) is 0.895. The Balaban J connectivity index is 1.99. The minimum Gasteiger partial charge on any atom is -0.478 e. The summed E-state index contributed by atoms with van der Waals surface area (Å²) in [4.78, 5) is 15.5. The lowest BCUT2D eigenvalue weighted by Gasteiger charge is -2.17. The van der Waals surface area contributed by atoms with Crippen LogP contribution in [0.1, 0.15) is 29.5 Å². The van der Waals surface area contributed by atoms with Gasteiger partial charge in [-0.1, -0.05) is 19.1 Å². The molecule has 1 aromatic heterocycles. The number of aromatic carboxylic acids is 1. The van der Waals surface area contributed by atoms with E-state index in [1.165, 1.54) is 0 Å². The number of carboxylic acid groups (broad SMARTS) is 1. The van der Waals surface area contributed by atoms with E-state index in [0.29, 0.717) is 11.7 Å². The summed E-state index contributed by atoms with van der Waals surface area (Å²) < 4.78 is 1.94. The summed E-state index contributed by atoms with van der Waals surface area (Å²) in [7, 11) is 0. The van der Waals surface area contributed by atoms with Crippen LogP contribution in [-0.2, 0) is 13.0 Å². The molecule has 1 aliphatic heterocycles. The molecule has 1 aromatic carbocycles. The molecule has 2 heterocycles. The highest BCUT2D eigenvalue weighted by Gasteiger charge is 2.19. The molecule has 0 spiro atoms. The van der Waals surface area contributed by atoms with Crippen LogP contribution in [0.25, 0.3) is 11.4 Å². The molecule has 5 nitrogen and oxygen atoms in total. The molecule has 1 unspecified atom stereocenters. The Labute approximate surface area is 110 Å². The normalized spacial score (nSPS) is 18.1. The smallest absolute Gasteiger partial charge is 0.335 e. The third-order valence-electron chi connectivity index (χ3n) is 3.46. The number of carboxylic acids is 1. The zero-order valence-corrected chi connectivity index (χ0v) is 10.7. The van der Waals surface area contributed by atoms with Gasteiger partial charge in [0.05, 0.1) is 5.56 Å². The zero-order chi connectivity index (χ0) is 13.4. The van der Waals surface area contributed by atoms with Crippen LogP contribution in [0.5, 0.6) is 0 Å². The van der Waals surface area contributed by atoms with Gasteiger partial charge in [0.2, 0.25) is 0 Å². The Morgan fingerprint density at radius 3 is 3.11 bits per heavy atom. The molecule has 2 aromatic rings. The van der Waals surface area contributed by atoms with Gasteiger partial charge in [0.15, 0.2) is 5.82 Å². The van der Waals surface area contributed by atoms with Crippen LogP contribution in [0.2, 0.25) is 0 Å². The van der Waals surface area contributed by atoms with E-state index >= 15 is 0 Å². The average Bonchev–Trinajstić information content (AvgIpc) is 2.81. The van der Waals surface area contributed by atoms with Crippen molar-refractivity contribution in [1.82, 2.24) is 14.8 Å². The zero-order valence-electron chi connectivity index (χ0n) is 10.7. The fraction of sp³-hybridized carbons (Fsp3) is 0.357. The molecule has 5 heteroatoms. The Morgan fingerprint density at radius 2 is 2.32 bits per heavy atom. The van der Waals surface area contributed by atoms with E-state index in [0.717, 1.165) is 30.8 Å². The first-order chi connectivity index (χ1) is 9.13. The summed E-state index contributed by atoms with van der Waals surface area (Å²) in [6.07, 6.45) is 2.07. The molecule has 98 valence electrons. The topological polar surface area (TPSA) is 68.0 Å². The van der Waals surface area contributed by atoms with Gasteiger partial charge in [0, 0.05) is 18.5 Å². The lowest BCUT2D eigenvalue weighted by molar-refractivity contribution is 0.0697. The highest BCUT2D eigenvalue weighted by Crippen LogP contribution is 2.22. The molecule has 0 aliphatic carbocycles. The Hall–Kier alpha value is -2.17. The third-order valence-corrected chi connectivity index (χ3v) is 3.46. The summed E-state index contributed by atoms with van der Waals surface area (Å²) in [6, 6.07) is 6.76. The van der Waals surface area contributed by atoms with E-state index in [4.69, 9.17) is 5.11 Å². The summed E-state index contributed by atoms with van der Waals surface area (Å²) >= 11 is 0. The van der Waals surface area contributed by atoms with Crippen molar-refractivity contribution in [2.75, 3.05) is 0 Å². The highest BCUT2D eigenvalue weighted by molar-refractivity contribution is 5.89. The number of aryl methyl sites for hydroxylation is 1. The van der Waals surface area contributed by atoms with Gasteiger partial charge in [-0.2, -0.15) is 5.10 Å². The van der Waals surface area contributed by atoms with Gasteiger partial charge in [-0.25, -0.2) is 14.5 Å². The lowest BCUT2D eigenvalue weighted by Crippen LogP contribution is -2.18. The van der Waals surface area contributed by atoms with Crippen molar-refractivity contribution in [1.29, 1.82) is 0 Å². The summed E-state index contributed by atoms with van der Waals surface area (Å²) in [5, 5.41) is 13.5. The van der Waals surface area contributed by atoms with Crippen molar-refractivity contribution in [3.05, 3.63) is 35.7 Å². The number of benzene rings is 1. The van der Waals surface area contributed by atoms with Gasteiger partial charge in [-0.15, -0.1) is 0 Å². The van der Waals surface area contributed by atoms with Crippen LogP contribution in [-0.4, -0.2) is 25.8 Å². The standard InChI is InChI=1S/C14H15N3O2/c1-9-5-6-12-15-13(16-17(12)8-9)10-3-2-4-11(7-10)14(18)19/h2-4,7,9H,5-6,8H2,1H3,(H,18,19). The second-order valence-electron chi connectivity index (χ2n) is 5.06. The molecule has 1 N–H and O–H groups in total. The maximum Gasteiger partial charge on any atom is 0.335 e. The molecule has 1 aliphatic rings. The molecular weight excluding hydrogens is 242 g/mol. The van der Waals surface area contributed by atoms with Gasteiger partial charge in [-0.3, -0.25) is 0 Å². The first-order valence-electron chi connectivity index (χ1n) is 6.41. The summed E-state index contributed by atoms with van der Waals surface area (Å²) in [5.41, 5.74) is 1.02. The average molecular weight is 257 g/mol. The molecule has 0 saturated heterocycles. The number of hydrogen-bond acceptors (Lipinski definition) is 3. The molecule has 1 atom stereocenters. The molecule has 19 heavy (non-hydrogen) atoms. The summed E-state index contributed by atoms with van der Waals surface area (Å²) in [5.74, 6) is 1.30. The fourth-order valence-electron chi connectivity index (χ4n) is 2.38. The predicted octanol–water partition coefficient (Wildman–Crippen LogP) is 2.23. The predicted molar refractivity (Wildman–Crippen MR) is 69.9 cm³/mol.